The number of aliphatic hydroxyl groups excluding tert-OH is 10. The van der Waals surface area contributed by atoms with Crippen molar-refractivity contribution in [2.75, 3.05) is 19.8 Å². The van der Waals surface area contributed by atoms with Gasteiger partial charge in [-0.1, -0.05) is 60.1 Å². The van der Waals surface area contributed by atoms with E-state index in [-0.39, 0.29) is 57.5 Å². The summed E-state index contributed by atoms with van der Waals surface area (Å²) in [6.45, 7) is 14.4. The number of ether oxygens (including phenoxy) is 6. The molecule has 0 unspecified atom stereocenters. The van der Waals surface area contributed by atoms with E-state index in [0.717, 1.165) is 44.9 Å². The molecular formula is C47H76O18. The molecule has 8 rings (SSSR count). The molecule has 11 N–H and O–H groups in total. The van der Waals surface area contributed by atoms with E-state index in [2.05, 4.69) is 47.6 Å². The summed E-state index contributed by atoms with van der Waals surface area (Å²) >= 11 is 0. The highest BCUT2D eigenvalue weighted by Gasteiger charge is 2.70. The van der Waals surface area contributed by atoms with Gasteiger partial charge < -0.3 is 84.6 Å². The Labute approximate surface area is 380 Å². The topological polar surface area (TPSA) is 295 Å². The number of aliphatic hydroxyl groups is 10. The third-order valence-corrected chi connectivity index (χ3v) is 19.1. The maximum atomic E-state index is 12.4. The molecular weight excluding hydrogens is 852 g/mol. The van der Waals surface area contributed by atoms with E-state index in [1.807, 2.05) is 6.92 Å². The first-order chi connectivity index (χ1) is 30.3. The summed E-state index contributed by atoms with van der Waals surface area (Å²) in [5, 5.41) is 119. The van der Waals surface area contributed by atoms with Gasteiger partial charge in [0.25, 0.3) is 0 Å². The molecule has 0 amide bonds. The van der Waals surface area contributed by atoms with Crippen molar-refractivity contribution in [1.29, 1.82) is 0 Å². The van der Waals surface area contributed by atoms with Gasteiger partial charge in [0.15, 0.2) is 25.0 Å². The van der Waals surface area contributed by atoms with E-state index < -0.39 is 117 Å². The molecule has 4 saturated carbocycles. The largest absolute Gasteiger partial charge is 0.479 e. The molecule has 3 heterocycles. The molecule has 7 fully saturated rings. The van der Waals surface area contributed by atoms with Gasteiger partial charge in [0.05, 0.1) is 32.0 Å². The van der Waals surface area contributed by atoms with E-state index in [9.17, 15) is 61.0 Å². The van der Waals surface area contributed by atoms with E-state index in [4.69, 9.17) is 28.4 Å². The number of carbonyl (C=O) groups is 1. The Morgan fingerprint density at radius 1 is 0.692 bits per heavy atom. The van der Waals surface area contributed by atoms with Crippen LogP contribution in [0.5, 0.6) is 0 Å². The maximum Gasteiger partial charge on any atom is 0.335 e. The summed E-state index contributed by atoms with van der Waals surface area (Å²) in [6.07, 6.45) is -16.3. The first-order valence-electron chi connectivity index (χ1n) is 23.8. The summed E-state index contributed by atoms with van der Waals surface area (Å²) in [6, 6.07) is 0. The second-order valence-electron chi connectivity index (χ2n) is 23.2. The molecule has 0 aromatic heterocycles. The van der Waals surface area contributed by atoms with Crippen LogP contribution in [0, 0.1) is 50.2 Å². The lowest BCUT2D eigenvalue weighted by Crippen LogP contribution is -2.68. The average molecular weight is 929 g/mol. The van der Waals surface area contributed by atoms with Crippen molar-refractivity contribution in [1.82, 2.24) is 0 Å². The van der Waals surface area contributed by atoms with Crippen molar-refractivity contribution in [3.8, 4) is 0 Å². The molecule has 18 nitrogen and oxygen atoms in total. The molecule has 3 aliphatic heterocycles. The molecule has 0 aromatic rings. The molecule has 65 heavy (non-hydrogen) atoms. The summed E-state index contributed by atoms with van der Waals surface area (Å²) in [5.74, 6) is -1.15. The molecule has 8 aliphatic rings. The summed E-state index contributed by atoms with van der Waals surface area (Å²) in [4.78, 5) is 12.4. The zero-order valence-electron chi connectivity index (χ0n) is 38.8. The highest BCUT2D eigenvalue weighted by atomic mass is 16.8. The number of aliphatic carboxylic acids is 1. The molecule has 0 radical (unpaired) electrons. The minimum absolute atomic E-state index is 0.0177. The molecule has 18 heteroatoms. The summed E-state index contributed by atoms with van der Waals surface area (Å²) in [7, 11) is 0. The molecule has 0 aromatic carbocycles. The molecule has 0 spiro atoms. The van der Waals surface area contributed by atoms with Crippen LogP contribution in [0.25, 0.3) is 0 Å². The van der Waals surface area contributed by atoms with Crippen LogP contribution in [0.2, 0.25) is 0 Å². The van der Waals surface area contributed by atoms with Crippen LogP contribution >= 0.6 is 0 Å². The summed E-state index contributed by atoms with van der Waals surface area (Å²) < 4.78 is 35.8. The van der Waals surface area contributed by atoms with Gasteiger partial charge in [0.2, 0.25) is 0 Å². The molecule has 24 atom stereocenters. The fraction of sp³-hybridized carbons (Fsp3) is 0.936. The SMILES string of the molecule is CC1(C)C[C@@H](O)[C@]2(C)CC[C@]3(C)C(=CC[C@@H]4[C@@]5(C)CC[C@H](O[C@@H]6O[C@H](C(=O)O)[C@@H](O)[C@H](O)[C@H]6O[C@@H]6O[C@H](CO)[C@@H](O)[C@H](O)[C@H]6O[C@@H]6OC[C@@H](O)[C@H](O)[C@H]6O)[C@](C)(CO)[C@@H]5CC[C@]43C)[C@H]2C1. The van der Waals surface area contributed by atoms with Crippen LogP contribution in [-0.2, 0) is 33.2 Å². The fourth-order valence-electron chi connectivity index (χ4n) is 14.9. The van der Waals surface area contributed by atoms with Gasteiger partial charge in [-0.15, -0.1) is 0 Å². The van der Waals surface area contributed by atoms with Gasteiger partial charge in [-0.2, -0.15) is 0 Å². The Morgan fingerprint density at radius 2 is 1.34 bits per heavy atom. The Bertz CT molecular complexity index is 1780. The minimum atomic E-state index is -2.06. The Morgan fingerprint density at radius 3 is 1.98 bits per heavy atom. The predicted molar refractivity (Wildman–Crippen MR) is 226 cm³/mol. The lowest BCUT2D eigenvalue weighted by molar-refractivity contribution is -0.393. The van der Waals surface area contributed by atoms with E-state index >= 15 is 0 Å². The lowest BCUT2D eigenvalue weighted by atomic mass is 9.33. The molecule has 3 saturated heterocycles. The maximum absolute atomic E-state index is 12.4. The van der Waals surface area contributed by atoms with Crippen LogP contribution in [0.4, 0.5) is 0 Å². The van der Waals surface area contributed by atoms with Crippen molar-refractivity contribution in [3.05, 3.63) is 11.6 Å². The first kappa shape index (κ1) is 50.0. The van der Waals surface area contributed by atoms with Crippen molar-refractivity contribution in [3.63, 3.8) is 0 Å². The number of hydrogen-bond donors (Lipinski definition) is 11. The normalized spacial score (nSPS) is 55.5. The van der Waals surface area contributed by atoms with Crippen LogP contribution < -0.4 is 0 Å². The van der Waals surface area contributed by atoms with Crippen LogP contribution in [0.1, 0.15) is 106 Å². The van der Waals surface area contributed by atoms with Crippen LogP contribution in [0.3, 0.4) is 0 Å². The Kier molecular flexibility index (Phi) is 13.4. The lowest BCUT2D eigenvalue weighted by Gasteiger charge is -2.72. The van der Waals surface area contributed by atoms with Gasteiger partial charge in [0, 0.05) is 10.8 Å². The van der Waals surface area contributed by atoms with Gasteiger partial charge >= 0.3 is 5.97 Å². The quantitative estimate of drug-likeness (QED) is 0.110. The monoisotopic (exact) mass is 929 g/mol. The van der Waals surface area contributed by atoms with E-state index in [1.165, 1.54) is 5.57 Å². The molecule has 0 bridgehead atoms. The minimum Gasteiger partial charge on any atom is -0.479 e. The predicted octanol–water partition coefficient (Wildman–Crippen LogP) is 0.316. The number of carboxylic acids is 1. The second kappa shape index (κ2) is 17.5. The van der Waals surface area contributed by atoms with E-state index in [0.29, 0.717) is 12.8 Å². The van der Waals surface area contributed by atoms with Gasteiger partial charge in [-0.3, -0.25) is 0 Å². The molecule has 372 valence electrons. The number of carboxylic acid groups (broad SMARTS) is 1. The van der Waals surface area contributed by atoms with Crippen LogP contribution in [-0.4, -0.2) is 180 Å². The number of rotatable bonds is 9. The van der Waals surface area contributed by atoms with Gasteiger partial charge in [0.1, 0.15) is 61.0 Å². The molecule has 5 aliphatic carbocycles. The zero-order valence-corrected chi connectivity index (χ0v) is 38.8. The van der Waals surface area contributed by atoms with Crippen molar-refractivity contribution >= 4 is 5.97 Å². The smallest absolute Gasteiger partial charge is 0.335 e. The van der Waals surface area contributed by atoms with Crippen molar-refractivity contribution < 1.29 is 89.4 Å². The number of hydrogen-bond acceptors (Lipinski definition) is 17. The van der Waals surface area contributed by atoms with E-state index in [1.54, 1.807) is 0 Å². The third-order valence-electron chi connectivity index (χ3n) is 19.1. The second-order valence-corrected chi connectivity index (χ2v) is 23.2. The Hall–Kier alpha value is -1.43. The summed E-state index contributed by atoms with van der Waals surface area (Å²) in [5.41, 5.74) is -0.0422. The standard InChI is InChI=1S/C47H76O18/c1-42(2)16-22-21-8-9-26-44(4)12-11-28(45(5,20-49)25(44)10-13-47(26,7)46(21,6)15-14-43(22,3)27(51)17-42)62-41-37(33(56)32(55)35(63-41)38(58)59)65-40-36(31(54)30(53)24(18-48)61-40)64-39-34(57)29(52)23(50)19-60-39/h8,22-37,39-41,48-57H,9-20H2,1-7H3,(H,58,59)/t22-,23-,24-,25-,26-,27-,28+,29+,30-,31+,32+,33+,34-,35+,36-,37-,39+,40+,41-,43-,44+,45-,46-,47-/m1/s1. The number of fused-ring (bicyclic) bond motifs is 7. The highest BCUT2D eigenvalue weighted by molar-refractivity contribution is 5.73. The number of allylic oxidation sites excluding steroid dienone is 2. The zero-order chi connectivity index (χ0) is 47.6. The van der Waals surface area contributed by atoms with Crippen molar-refractivity contribution in [2.24, 2.45) is 50.2 Å². The fourth-order valence-corrected chi connectivity index (χ4v) is 14.9. The highest BCUT2D eigenvalue weighted by Crippen LogP contribution is 2.76. The van der Waals surface area contributed by atoms with Gasteiger partial charge in [-0.05, 0) is 97.2 Å². The van der Waals surface area contributed by atoms with Gasteiger partial charge in [-0.25, -0.2) is 4.79 Å². The van der Waals surface area contributed by atoms with Crippen LogP contribution in [0.15, 0.2) is 11.6 Å². The third kappa shape index (κ3) is 7.80. The average Bonchev–Trinajstić information content (AvgIpc) is 3.24. The Balaban J connectivity index is 1.07. The van der Waals surface area contributed by atoms with Crippen molar-refractivity contribution in [2.45, 2.75) is 204 Å². The first-order valence-corrected chi connectivity index (χ1v) is 23.8.